The molecule has 5 heteroatoms. The van der Waals surface area contributed by atoms with Crippen LogP contribution in [-0.2, 0) is 6.18 Å². The minimum absolute atomic E-state index is 0.620. The summed E-state index contributed by atoms with van der Waals surface area (Å²) in [6.07, 6.45) is 0.387. The van der Waals surface area contributed by atoms with E-state index in [1.54, 1.807) is 18.9 Å². The molecule has 0 spiro atoms. The highest BCUT2D eigenvalue weighted by atomic mass is 32.2. The van der Waals surface area contributed by atoms with Crippen molar-refractivity contribution in [2.45, 2.75) is 24.4 Å². The van der Waals surface area contributed by atoms with Gasteiger partial charge in [-0.1, -0.05) is 24.3 Å². The number of methoxy groups -OCH3 is 1. The standard InChI is InChI=1S/C19H19F3OS/c1-14-13-17(10-11-18(14)23-2)24-12-4-3-5-15-6-8-16(9-7-15)19(20,21)22/h3,5-11,13H,4,12H2,1-2H3/b5-3+. The SMILES string of the molecule is COc1ccc(SCC/C=C/c2ccc(C(F)(F)F)cc2)cc1C. The number of hydrogen-bond donors (Lipinski definition) is 0. The van der Waals surface area contributed by atoms with Crippen LogP contribution >= 0.6 is 11.8 Å². The molecule has 0 radical (unpaired) electrons. The van der Waals surface area contributed by atoms with Crippen molar-refractivity contribution in [2.75, 3.05) is 12.9 Å². The van der Waals surface area contributed by atoms with Crippen molar-refractivity contribution >= 4 is 17.8 Å². The molecule has 2 rings (SSSR count). The third kappa shape index (κ3) is 5.34. The second-order valence-electron chi connectivity index (χ2n) is 5.29. The molecule has 2 aromatic rings. The van der Waals surface area contributed by atoms with E-state index in [2.05, 4.69) is 6.07 Å². The maximum atomic E-state index is 12.5. The van der Waals surface area contributed by atoms with E-state index in [0.717, 1.165) is 41.2 Å². The lowest BCUT2D eigenvalue weighted by atomic mass is 10.1. The lowest BCUT2D eigenvalue weighted by Gasteiger charge is -2.06. The fraction of sp³-hybridized carbons (Fsp3) is 0.263. The van der Waals surface area contributed by atoms with Crippen molar-refractivity contribution in [3.05, 3.63) is 65.2 Å². The fourth-order valence-electron chi connectivity index (χ4n) is 2.19. The molecule has 0 fully saturated rings. The predicted octanol–water partition coefficient (Wildman–Crippen LogP) is 6.22. The van der Waals surface area contributed by atoms with Crippen LogP contribution in [0.5, 0.6) is 5.75 Å². The third-order valence-corrected chi connectivity index (χ3v) is 4.49. The van der Waals surface area contributed by atoms with Crippen LogP contribution in [0, 0.1) is 6.92 Å². The van der Waals surface area contributed by atoms with Gasteiger partial charge in [0.2, 0.25) is 0 Å². The minimum Gasteiger partial charge on any atom is -0.496 e. The Hall–Kier alpha value is -1.88. The Morgan fingerprint density at radius 1 is 1.08 bits per heavy atom. The Bertz CT molecular complexity index is 691. The smallest absolute Gasteiger partial charge is 0.416 e. The summed E-state index contributed by atoms with van der Waals surface area (Å²) in [5.74, 6) is 1.78. The molecule has 0 unspecified atom stereocenters. The zero-order chi connectivity index (χ0) is 17.6. The summed E-state index contributed by atoms with van der Waals surface area (Å²) in [6, 6.07) is 11.2. The Morgan fingerprint density at radius 3 is 2.38 bits per heavy atom. The van der Waals surface area contributed by atoms with E-state index < -0.39 is 11.7 Å². The van der Waals surface area contributed by atoms with Gasteiger partial charge in [0.15, 0.2) is 0 Å². The first kappa shape index (κ1) is 18.5. The van der Waals surface area contributed by atoms with Crippen molar-refractivity contribution in [3.63, 3.8) is 0 Å². The lowest BCUT2D eigenvalue weighted by molar-refractivity contribution is -0.137. The first-order valence-corrected chi connectivity index (χ1v) is 8.50. The first-order valence-electron chi connectivity index (χ1n) is 7.51. The van der Waals surface area contributed by atoms with Gasteiger partial charge in [0.25, 0.3) is 0 Å². The zero-order valence-electron chi connectivity index (χ0n) is 13.6. The van der Waals surface area contributed by atoms with Crippen LogP contribution in [0.3, 0.4) is 0 Å². The van der Waals surface area contributed by atoms with Gasteiger partial charge in [0.1, 0.15) is 5.75 Å². The second kappa shape index (κ2) is 8.29. The molecular formula is C19H19F3OS. The molecule has 0 N–H and O–H groups in total. The molecule has 24 heavy (non-hydrogen) atoms. The molecule has 0 bridgehead atoms. The van der Waals surface area contributed by atoms with Crippen LogP contribution in [0.4, 0.5) is 13.2 Å². The normalized spacial score (nSPS) is 11.9. The van der Waals surface area contributed by atoms with Crippen molar-refractivity contribution in [3.8, 4) is 5.75 Å². The summed E-state index contributed by atoms with van der Waals surface area (Å²) >= 11 is 1.74. The molecule has 0 atom stereocenters. The molecule has 0 saturated heterocycles. The zero-order valence-corrected chi connectivity index (χ0v) is 14.4. The van der Waals surface area contributed by atoms with E-state index >= 15 is 0 Å². The van der Waals surface area contributed by atoms with Crippen molar-refractivity contribution in [2.24, 2.45) is 0 Å². The highest BCUT2D eigenvalue weighted by molar-refractivity contribution is 7.99. The highest BCUT2D eigenvalue weighted by Gasteiger charge is 2.29. The van der Waals surface area contributed by atoms with Gasteiger partial charge in [-0.15, -0.1) is 11.8 Å². The quantitative estimate of drug-likeness (QED) is 0.451. The number of benzene rings is 2. The molecule has 128 valence electrons. The van der Waals surface area contributed by atoms with Crippen molar-refractivity contribution in [1.82, 2.24) is 0 Å². The van der Waals surface area contributed by atoms with E-state index in [9.17, 15) is 13.2 Å². The van der Waals surface area contributed by atoms with E-state index in [1.807, 2.05) is 31.2 Å². The van der Waals surface area contributed by atoms with Gasteiger partial charge in [-0.2, -0.15) is 13.2 Å². The molecule has 2 aromatic carbocycles. The maximum Gasteiger partial charge on any atom is 0.416 e. The Morgan fingerprint density at radius 2 is 1.79 bits per heavy atom. The van der Waals surface area contributed by atoms with Crippen LogP contribution in [0.15, 0.2) is 53.4 Å². The van der Waals surface area contributed by atoms with Gasteiger partial charge in [0.05, 0.1) is 12.7 Å². The highest BCUT2D eigenvalue weighted by Crippen LogP contribution is 2.29. The predicted molar refractivity (Wildman–Crippen MR) is 93.6 cm³/mol. The van der Waals surface area contributed by atoms with Crippen molar-refractivity contribution < 1.29 is 17.9 Å². The number of alkyl halides is 3. The molecule has 0 aliphatic carbocycles. The molecule has 0 aromatic heterocycles. The average molecular weight is 352 g/mol. The number of aryl methyl sites for hydroxylation is 1. The Balaban J connectivity index is 1.81. The molecule has 1 nitrogen and oxygen atoms in total. The van der Waals surface area contributed by atoms with Gasteiger partial charge in [-0.25, -0.2) is 0 Å². The van der Waals surface area contributed by atoms with E-state index in [4.69, 9.17) is 4.74 Å². The molecule has 0 aliphatic rings. The van der Waals surface area contributed by atoms with E-state index in [0.29, 0.717) is 0 Å². The van der Waals surface area contributed by atoms with Crippen LogP contribution in [0.25, 0.3) is 6.08 Å². The Labute approximate surface area is 144 Å². The number of ether oxygens (including phenoxy) is 1. The van der Waals surface area contributed by atoms with E-state index in [1.165, 1.54) is 17.0 Å². The molecule has 0 amide bonds. The lowest BCUT2D eigenvalue weighted by Crippen LogP contribution is -2.03. The minimum atomic E-state index is -4.28. The summed E-state index contributed by atoms with van der Waals surface area (Å²) < 4.78 is 42.7. The maximum absolute atomic E-state index is 12.5. The first-order chi connectivity index (χ1) is 11.4. The van der Waals surface area contributed by atoms with Crippen LogP contribution in [0.2, 0.25) is 0 Å². The van der Waals surface area contributed by atoms with Gasteiger partial charge in [0, 0.05) is 10.6 Å². The molecule has 0 aliphatic heterocycles. The van der Waals surface area contributed by atoms with Crippen LogP contribution in [-0.4, -0.2) is 12.9 Å². The van der Waals surface area contributed by atoms with Crippen LogP contribution < -0.4 is 4.74 Å². The third-order valence-electron chi connectivity index (χ3n) is 3.47. The van der Waals surface area contributed by atoms with Gasteiger partial charge in [-0.3, -0.25) is 0 Å². The topological polar surface area (TPSA) is 9.23 Å². The fourth-order valence-corrected chi connectivity index (χ4v) is 3.10. The summed E-state index contributed by atoms with van der Waals surface area (Å²) in [5.41, 5.74) is 1.25. The monoisotopic (exact) mass is 352 g/mol. The van der Waals surface area contributed by atoms with Gasteiger partial charge >= 0.3 is 6.18 Å². The van der Waals surface area contributed by atoms with Gasteiger partial charge < -0.3 is 4.74 Å². The van der Waals surface area contributed by atoms with Gasteiger partial charge in [-0.05, 0) is 54.8 Å². The largest absolute Gasteiger partial charge is 0.496 e. The number of thioether (sulfide) groups is 1. The summed E-state index contributed by atoms with van der Waals surface area (Å²) in [5, 5.41) is 0. The number of hydrogen-bond acceptors (Lipinski definition) is 2. The number of rotatable bonds is 6. The summed E-state index contributed by atoms with van der Waals surface area (Å²) in [7, 11) is 1.65. The Kier molecular flexibility index (Phi) is 6.37. The van der Waals surface area contributed by atoms with Crippen molar-refractivity contribution in [1.29, 1.82) is 0 Å². The molecule has 0 saturated carbocycles. The summed E-state index contributed by atoms with van der Waals surface area (Å²) in [4.78, 5) is 1.18. The summed E-state index contributed by atoms with van der Waals surface area (Å²) in [6.45, 7) is 2.01. The number of allylic oxidation sites excluding steroid dienone is 1. The van der Waals surface area contributed by atoms with Crippen LogP contribution in [0.1, 0.15) is 23.1 Å². The molecule has 0 heterocycles. The average Bonchev–Trinajstić information content (AvgIpc) is 2.54. The van der Waals surface area contributed by atoms with E-state index in [-0.39, 0.29) is 0 Å². The molecular weight excluding hydrogens is 333 g/mol. The number of halogens is 3. The second-order valence-corrected chi connectivity index (χ2v) is 6.46.